The fourth-order valence-corrected chi connectivity index (χ4v) is 3.18. The van der Waals surface area contributed by atoms with Gasteiger partial charge >= 0.3 is 6.03 Å². The number of para-hydroxylation sites is 1. The first-order valence-electron chi connectivity index (χ1n) is 7.62. The summed E-state index contributed by atoms with van der Waals surface area (Å²) >= 11 is 1.45. The van der Waals surface area contributed by atoms with Crippen LogP contribution < -0.4 is 15.5 Å². The molecule has 126 valence electrons. The van der Waals surface area contributed by atoms with E-state index in [9.17, 15) is 14.0 Å². The molecular formula is C16H17FN4O2S. The number of nitrogens with zero attached hydrogens (tertiary/aromatic N) is 2. The number of benzene rings is 1. The number of hydrogen-bond acceptors (Lipinski definition) is 4. The molecule has 1 fully saturated rings. The number of piperidine rings is 1. The van der Waals surface area contributed by atoms with Crippen molar-refractivity contribution >= 4 is 29.0 Å². The molecule has 2 heterocycles. The van der Waals surface area contributed by atoms with Crippen molar-refractivity contribution in [2.24, 2.45) is 0 Å². The van der Waals surface area contributed by atoms with E-state index in [1.54, 1.807) is 23.7 Å². The fourth-order valence-electron chi connectivity index (χ4n) is 2.62. The molecule has 1 aliphatic rings. The van der Waals surface area contributed by atoms with E-state index in [1.165, 1.54) is 22.3 Å². The molecule has 1 aromatic heterocycles. The van der Waals surface area contributed by atoms with Gasteiger partial charge in [0.2, 0.25) is 5.91 Å². The number of thiazole rings is 1. The summed E-state index contributed by atoms with van der Waals surface area (Å²) in [6.45, 7) is 0.742. The largest absolute Gasteiger partial charge is 0.332 e. The molecule has 3 amide bonds. The first kappa shape index (κ1) is 16.4. The number of carbonyl (C=O) groups is 2. The lowest BCUT2D eigenvalue weighted by Crippen LogP contribution is -2.54. The minimum Gasteiger partial charge on any atom is -0.332 e. The minimum atomic E-state index is -0.659. The van der Waals surface area contributed by atoms with Crippen molar-refractivity contribution in [3.05, 3.63) is 46.7 Å². The highest BCUT2D eigenvalue weighted by molar-refractivity contribution is 7.07. The van der Waals surface area contributed by atoms with Crippen LogP contribution in [0, 0.1) is 5.82 Å². The number of anilines is 1. The lowest BCUT2D eigenvalue weighted by atomic mass is 10.0. The van der Waals surface area contributed by atoms with E-state index in [-0.39, 0.29) is 11.6 Å². The first-order valence-corrected chi connectivity index (χ1v) is 8.57. The second-order valence-corrected chi connectivity index (χ2v) is 6.16. The third-order valence-corrected chi connectivity index (χ3v) is 4.44. The van der Waals surface area contributed by atoms with Gasteiger partial charge in [0.15, 0.2) is 0 Å². The molecule has 0 spiro atoms. The monoisotopic (exact) mass is 348 g/mol. The van der Waals surface area contributed by atoms with Gasteiger partial charge in [0.1, 0.15) is 11.9 Å². The minimum absolute atomic E-state index is 0.247. The zero-order chi connectivity index (χ0) is 16.9. The van der Waals surface area contributed by atoms with Crippen LogP contribution in [0.25, 0.3) is 0 Å². The second-order valence-electron chi connectivity index (χ2n) is 5.44. The summed E-state index contributed by atoms with van der Waals surface area (Å²) in [5.41, 5.74) is 2.70. The van der Waals surface area contributed by atoms with Crippen molar-refractivity contribution in [1.82, 2.24) is 15.6 Å². The summed E-state index contributed by atoms with van der Waals surface area (Å²) < 4.78 is 13.9. The molecule has 2 aromatic rings. The average molecular weight is 348 g/mol. The summed E-state index contributed by atoms with van der Waals surface area (Å²) in [4.78, 5) is 30.0. The van der Waals surface area contributed by atoms with Crippen molar-refractivity contribution in [2.75, 3.05) is 11.4 Å². The van der Waals surface area contributed by atoms with Crippen LogP contribution in [0.5, 0.6) is 0 Å². The molecule has 3 rings (SSSR count). The number of halogens is 1. The van der Waals surface area contributed by atoms with E-state index in [1.807, 2.05) is 5.38 Å². The Kier molecular flexibility index (Phi) is 5.05. The topological polar surface area (TPSA) is 74.3 Å². The van der Waals surface area contributed by atoms with E-state index in [4.69, 9.17) is 0 Å². The SMILES string of the molecule is O=C(NCc1cscn1)N[C@@H]1CCCN(c2ccccc2F)C1=O. The number of amides is 3. The Hall–Kier alpha value is -2.48. The zero-order valence-electron chi connectivity index (χ0n) is 12.9. The molecule has 0 radical (unpaired) electrons. The smallest absolute Gasteiger partial charge is 0.315 e. The van der Waals surface area contributed by atoms with Crippen molar-refractivity contribution < 1.29 is 14.0 Å². The van der Waals surface area contributed by atoms with Crippen molar-refractivity contribution in [2.45, 2.75) is 25.4 Å². The van der Waals surface area contributed by atoms with E-state index >= 15 is 0 Å². The molecular weight excluding hydrogens is 331 g/mol. The van der Waals surface area contributed by atoms with Crippen LogP contribution in [0.1, 0.15) is 18.5 Å². The fraction of sp³-hybridized carbons (Fsp3) is 0.312. The number of aromatic nitrogens is 1. The normalized spacial score (nSPS) is 17.6. The van der Waals surface area contributed by atoms with Gasteiger partial charge in [-0.2, -0.15) is 0 Å². The van der Waals surface area contributed by atoms with Crippen LogP contribution in [0.3, 0.4) is 0 Å². The summed E-state index contributed by atoms with van der Waals surface area (Å²) in [6, 6.07) is 5.06. The number of rotatable bonds is 4. The quantitative estimate of drug-likeness (QED) is 0.890. The predicted molar refractivity (Wildman–Crippen MR) is 89.3 cm³/mol. The zero-order valence-corrected chi connectivity index (χ0v) is 13.7. The lowest BCUT2D eigenvalue weighted by Gasteiger charge is -2.32. The standard InChI is InChI=1S/C16H17FN4O2S/c17-12-4-1-2-6-14(12)21-7-3-5-13(15(21)22)20-16(23)18-8-11-9-24-10-19-11/h1-2,4,6,9-10,13H,3,5,7-8H2,(H2,18,20,23)/t13-/m1/s1. The highest BCUT2D eigenvalue weighted by Crippen LogP contribution is 2.23. The maximum absolute atomic E-state index is 13.9. The summed E-state index contributed by atoms with van der Waals surface area (Å²) in [5, 5.41) is 7.17. The van der Waals surface area contributed by atoms with Gasteiger partial charge in [-0.3, -0.25) is 4.79 Å². The molecule has 1 aliphatic heterocycles. The Morgan fingerprint density at radius 2 is 2.25 bits per heavy atom. The lowest BCUT2D eigenvalue weighted by molar-refractivity contribution is -0.121. The number of hydrogen-bond donors (Lipinski definition) is 2. The molecule has 1 aromatic carbocycles. The molecule has 2 N–H and O–H groups in total. The van der Waals surface area contributed by atoms with Gasteiger partial charge in [0.25, 0.3) is 0 Å². The number of nitrogens with one attached hydrogen (secondary N) is 2. The Morgan fingerprint density at radius 3 is 3.00 bits per heavy atom. The third kappa shape index (κ3) is 3.70. The van der Waals surface area contributed by atoms with Crippen molar-refractivity contribution in [3.63, 3.8) is 0 Å². The van der Waals surface area contributed by atoms with Gasteiger partial charge in [-0.25, -0.2) is 14.2 Å². The Bertz CT molecular complexity index is 723. The molecule has 8 heteroatoms. The van der Waals surface area contributed by atoms with Crippen LogP contribution in [0.2, 0.25) is 0 Å². The van der Waals surface area contributed by atoms with E-state index in [0.717, 1.165) is 5.69 Å². The van der Waals surface area contributed by atoms with Crippen LogP contribution in [-0.2, 0) is 11.3 Å². The molecule has 24 heavy (non-hydrogen) atoms. The first-order chi connectivity index (χ1) is 11.6. The predicted octanol–water partition coefficient (Wildman–Crippen LogP) is 2.28. The van der Waals surface area contributed by atoms with Crippen LogP contribution >= 0.6 is 11.3 Å². The van der Waals surface area contributed by atoms with E-state index < -0.39 is 17.9 Å². The molecule has 0 saturated carbocycles. The van der Waals surface area contributed by atoms with Crippen molar-refractivity contribution in [3.8, 4) is 0 Å². The number of urea groups is 1. The summed E-state index contributed by atoms with van der Waals surface area (Å²) in [5.74, 6) is -0.741. The molecule has 0 bridgehead atoms. The maximum atomic E-state index is 13.9. The molecule has 6 nitrogen and oxygen atoms in total. The molecule has 1 saturated heterocycles. The van der Waals surface area contributed by atoms with Crippen molar-refractivity contribution in [1.29, 1.82) is 0 Å². The maximum Gasteiger partial charge on any atom is 0.315 e. The Morgan fingerprint density at radius 1 is 1.42 bits per heavy atom. The third-order valence-electron chi connectivity index (χ3n) is 3.80. The number of carbonyl (C=O) groups excluding carboxylic acids is 2. The van der Waals surface area contributed by atoms with Gasteiger partial charge in [0.05, 0.1) is 23.4 Å². The van der Waals surface area contributed by atoms with Gasteiger partial charge in [0, 0.05) is 11.9 Å². The molecule has 0 aliphatic carbocycles. The molecule has 0 unspecified atom stereocenters. The van der Waals surface area contributed by atoms with Gasteiger partial charge in [-0.15, -0.1) is 11.3 Å². The van der Waals surface area contributed by atoms with Gasteiger partial charge < -0.3 is 15.5 Å². The van der Waals surface area contributed by atoms with Crippen LogP contribution in [-0.4, -0.2) is 29.5 Å². The highest BCUT2D eigenvalue weighted by Gasteiger charge is 2.31. The summed E-state index contributed by atoms with van der Waals surface area (Å²) in [6.07, 6.45) is 1.23. The van der Waals surface area contributed by atoms with Crippen LogP contribution in [0.4, 0.5) is 14.9 Å². The Balaban J connectivity index is 1.60. The summed E-state index contributed by atoms with van der Waals surface area (Å²) in [7, 11) is 0. The van der Waals surface area contributed by atoms with Gasteiger partial charge in [-0.1, -0.05) is 12.1 Å². The van der Waals surface area contributed by atoms with Gasteiger partial charge in [-0.05, 0) is 25.0 Å². The second kappa shape index (κ2) is 7.39. The van der Waals surface area contributed by atoms with Crippen LogP contribution in [0.15, 0.2) is 35.2 Å². The van der Waals surface area contributed by atoms with E-state index in [0.29, 0.717) is 25.9 Å². The molecule has 1 atom stereocenters. The Labute approximate surface area is 142 Å². The highest BCUT2D eigenvalue weighted by atomic mass is 32.1. The van der Waals surface area contributed by atoms with E-state index in [2.05, 4.69) is 15.6 Å². The average Bonchev–Trinajstić information content (AvgIpc) is 3.09.